The van der Waals surface area contributed by atoms with Crippen molar-refractivity contribution in [2.45, 2.75) is 24.2 Å². The molecule has 0 saturated carbocycles. The topological polar surface area (TPSA) is 26.3 Å². The van der Waals surface area contributed by atoms with Gasteiger partial charge in [-0.3, -0.25) is 0 Å². The lowest BCUT2D eigenvalue weighted by Gasteiger charge is -2.26. The molecule has 0 rings (SSSR count). The number of carbonyl (C=O) groups is 1. The third kappa shape index (κ3) is 4.20. The number of allylic oxidation sites excluding steroid dienone is 1. The number of halogens is 11. The van der Waals surface area contributed by atoms with Gasteiger partial charge >= 0.3 is 30.2 Å². The number of carbonyl (C=O) groups excluding carboxylic acids is 1. The summed E-state index contributed by atoms with van der Waals surface area (Å²) >= 11 is 0. The smallest absolute Gasteiger partial charge is 0.455 e. The van der Waals surface area contributed by atoms with E-state index in [1.807, 2.05) is 0 Å². The first-order chi connectivity index (χ1) is 9.05. The van der Waals surface area contributed by atoms with Gasteiger partial charge < -0.3 is 4.74 Å². The maximum Gasteiger partial charge on any atom is 0.490 e. The standard InChI is InChI=1S/C8H3F11O2/c9-3(1-2-21-4(20)6(12,13)14)5(10,11)7(15,16)8(17,18)19/h1H,2H2/b3-1-. The second-order valence-electron chi connectivity index (χ2n) is 3.29. The molecule has 0 bridgehead atoms. The Hall–Kier alpha value is -1.56. The summed E-state index contributed by atoms with van der Waals surface area (Å²) in [5.41, 5.74) is 0. The van der Waals surface area contributed by atoms with Crippen LogP contribution in [0, 0.1) is 0 Å². The Bertz CT molecular complexity index is 417. The average molecular weight is 340 g/mol. The zero-order valence-electron chi connectivity index (χ0n) is 9.26. The molecule has 0 amide bonds. The molecule has 13 heteroatoms. The fraction of sp³-hybridized carbons (Fsp3) is 0.625. The van der Waals surface area contributed by atoms with Gasteiger partial charge in [0.05, 0.1) is 0 Å². The molecule has 0 saturated heterocycles. The summed E-state index contributed by atoms with van der Waals surface area (Å²) < 4.78 is 135. The Morgan fingerprint density at radius 1 is 0.905 bits per heavy atom. The van der Waals surface area contributed by atoms with Crippen molar-refractivity contribution in [3.8, 4) is 0 Å². The number of rotatable bonds is 4. The highest BCUT2D eigenvalue weighted by molar-refractivity contribution is 5.75. The van der Waals surface area contributed by atoms with E-state index in [-0.39, 0.29) is 0 Å². The van der Waals surface area contributed by atoms with E-state index in [2.05, 4.69) is 4.74 Å². The van der Waals surface area contributed by atoms with E-state index >= 15 is 0 Å². The Morgan fingerprint density at radius 2 is 1.33 bits per heavy atom. The first-order valence-electron chi connectivity index (χ1n) is 4.47. The van der Waals surface area contributed by atoms with Crippen molar-refractivity contribution in [1.82, 2.24) is 0 Å². The number of esters is 1. The molecule has 0 fully saturated rings. The normalized spacial score (nSPS) is 15.1. The second kappa shape index (κ2) is 5.67. The minimum Gasteiger partial charge on any atom is -0.455 e. The van der Waals surface area contributed by atoms with Crippen LogP contribution in [0.25, 0.3) is 0 Å². The molecule has 124 valence electrons. The van der Waals surface area contributed by atoms with Gasteiger partial charge in [-0.05, 0) is 6.08 Å². The number of alkyl halides is 10. The molecule has 0 aliphatic carbocycles. The zero-order chi connectivity index (χ0) is 17.3. The predicted octanol–water partition coefficient (Wildman–Crippen LogP) is 3.78. The van der Waals surface area contributed by atoms with Gasteiger partial charge in [-0.15, -0.1) is 0 Å². The Kier molecular flexibility index (Phi) is 5.25. The Labute approximate surface area is 108 Å². The molecular formula is C8H3F11O2. The van der Waals surface area contributed by atoms with Gasteiger partial charge in [-0.25, -0.2) is 9.18 Å². The first kappa shape index (κ1) is 19.4. The molecule has 0 radical (unpaired) electrons. The zero-order valence-corrected chi connectivity index (χ0v) is 9.26. The van der Waals surface area contributed by atoms with Crippen LogP contribution in [0.3, 0.4) is 0 Å². The highest BCUT2D eigenvalue weighted by Gasteiger charge is 2.74. The van der Waals surface area contributed by atoms with Crippen LogP contribution >= 0.6 is 0 Å². The SMILES string of the molecule is O=C(OC/C=C(\F)C(F)(F)C(F)(F)C(F)(F)F)C(F)(F)F. The highest BCUT2D eigenvalue weighted by Crippen LogP contribution is 2.49. The van der Waals surface area contributed by atoms with Gasteiger partial charge in [0.25, 0.3) is 0 Å². The summed E-state index contributed by atoms with van der Waals surface area (Å²) in [6, 6.07) is 0. The molecule has 0 heterocycles. The van der Waals surface area contributed by atoms with Crippen molar-refractivity contribution in [1.29, 1.82) is 0 Å². The van der Waals surface area contributed by atoms with Crippen molar-refractivity contribution in [2.24, 2.45) is 0 Å². The molecule has 0 aromatic rings. The molecule has 0 aliphatic rings. The van der Waals surface area contributed by atoms with E-state index in [1.54, 1.807) is 0 Å². The fourth-order valence-electron chi connectivity index (χ4n) is 0.729. The number of hydrogen-bond donors (Lipinski definition) is 0. The molecule has 0 aromatic carbocycles. The fourth-order valence-corrected chi connectivity index (χ4v) is 0.729. The molecule has 0 N–H and O–H groups in total. The molecule has 2 nitrogen and oxygen atoms in total. The largest absolute Gasteiger partial charge is 0.490 e. The lowest BCUT2D eigenvalue weighted by Crippen LogP contribution is -2.52. The molecular weight excluding hydrogens is 337 g/mol. The highest BCUT2D eigenvalue weighted by atomic mass is 19.4. The Balaban J connectivity index is 5.04. The predicted molar refractivity (Wildman–Crippen MR) is 42.2 cm³/mol. The summed E-state index contributed by atoms with van der Waals surface area (Å²) in [6.45, 7) is -1.92. The number of ether oxygens (including phenoxy) is 1. The van der Waals surface area contributed by atoms with Gasteiger partial charge in [-0.2, -0.15) is 43.9 Å². The summed E-state index contributed by atoms with van der Waals surface area (Å²) in [6.07, 6.45) is -13.2. The van der Waals surface area contributed by atoms with Crippen LogP contribution in [0.15, 0.2) is 11.9 Å². The molecule has 0 aliphatic heterocycles. The van der Waals surface area contributed by atoms with Gasteiger partial charge in [0.15, 0.2) is 5.83 Å². The summed E-state index contributed by atoms with van der Waals surface area (Å²) in [5.74, 6) is -19.6. The molecule has 0 spiro atoms. The minimum absolute atomic E-state index is 0.844. The lowest BCUT2D eigenvalue weighted by molar-refractivity contribution is -0.347. The van der Waals surface area contributed by atoms with E-state index in [9.17, 15) is 53.1 Å². The quantitative estimate of drug-likeness (QED) is 0.575. The van der Waals surface area contributed by atoms with Crippen molar-refractivity contribution in [3.05, 3.63) is 11.9 Å². The molecule has 0 unspecified atom stereocenters. The number of hydrogen-bond acceptors (Lipinski definition) is 2. The van der Waals surface area contributed by atoms with Crippen LogP contribution in [-0.2, 0) is 9.53 Å². The molecule has 0 atom stereocenters. The third-order valence-corrected chi connectivity index (χ3v) is 1.76. The van der Waals surface area contributed by atoms with Gasteiger partial charge in [0.1, 0.15) is 6.61 Å². The van der Waals surface area contributed by atoms with E-state index < -0.39 is 48.7 Å². The van der Waals surface area contributed by atoms with Crippen molar-refractivity contribution in [3.63, 3.8) is 0 Å². The van der Waals surface area contributed by atoms with Crippen LogP contribution in [0.1, 0.15) is 0 Å². The van der Waals surface area contributed by atoms with Crippen LogP contribution < -0.4 is 0 Å². The van der Waals surface area contributed by atoms with Gasteiger partial charge in [0.2, 0.25) is 0 Å². The second-order valence-corrected chi connectivity index (χ2v) is 3.29. The monoisotopic (exact) mass is 340 g/mol. The molecule has 0 aromatic heterocycles. The Morgan fingerprint density at radius 3 is 1.67 bits per heavy atom. The summed E-state index contributed by atoms with van der Waals surface area (Å²) in [7, 11) is 0. The third-order valence-electron chi connectivity index (χ3n) is 1.76. The van der Waals surface area contributed by atoms with Crippen LogP contribution in [-0.4, -0.2) is 36.8 Å². The van der Waals surface area contributed by atoms with Gasteiger partial charge in [-0.1, -0.05) is 0 Å². The van der Waals surface area contributed by atoms with Gasteiger partial charge in [0, 0.05) is 0 Å². The van der Waals surface area contributed by atoms with Crippen LogP contribution in [0.2, 0.25) is 0 Å². The van der Waals surface area contributed by atoms with E-state index in [0.29, 0.717) is 0 Å². The average Bonchev–Trinajstić information content (AvgIpc) is 2.25. The van der Waals surface area contributed by atoms with E-state index in [0.717, 1.165) is 0 Å². The summed E-state index contributed by atoms with van der Waals surface area (Å²) in [4.78, 5) is 10.0. The van der Waals surface area contributed by atoms with Crippen molar-refractivity contribution >= 4 is 5.97 Å². The maximum atomic E-state index is 12.6. The van der Waals surface area contributed by atoms with Crippen molar-refractivity contribution in [2.75, 3.05) is 6.61 Å². The lowest BCUT2D eigenvalue weighted by atomic mass is 10.1. The van der Waals surface area contributed by atoms with Crippen LogP contribution in [0.5, 0.6) is 0 Å². The molecule has 21 heavy (non-hydrogen) atoms. The van der Waals surface area contributed by atoms with Crippen molar-refractivity contribution < 1.29 is 57.8 Å². The maximum absolute atomic E-state index is 12.6. The van der Waals surface area contributed by atoms with E-state index in [4.69, 9.17) is 0 Å². The van der Waals surface area contributed by atoms with Crippen LogP contribution in [0.4, 0.5) is 48.3 Å². The summed E-state index contributed by atoms with van der Waals surface area (Å²) in [5, 5.41) is 0. The first-order valence-corrected chi connectivity index (χ1v) is 4.47. The minimum atomic E-state index is -6.82. The van der Waals surface area contributed by atoms with E-state index in [1.165, 1.54) is 0 Å².